The number of aliphatic hydroxyl groups is 1. The molecule has 1 N–H and O–H groups in total. The summed E-state index contributed by atoms with van der Waals surface area (Å²) in [5.41, 5.74) is 1.16. The van der Waals surface area contributed by atoms with Gasteiger partial charge in [-0.25, -0.2) is 0 Å². The maximum absolute atomic E-state index is 9.28. The highest BCUT2D eigenvalue weighted by molar-refractivity contribution is 5.38. The minimum atomic E-state index is 0.282. The summed E-state index contributed by atoms with van der Waals surface area (Å²) in [7, 11) is 0. The number of hydrogen-bond acceptors (Lipinski definition) is 4. The Kier molecular flexibility index (Phi) is 3.97. The lowest BCUT2D eigenvalue weighted by Crippen LogP contribution is -2.37. The van der Waals surface area contributed by atoms with Gasteiger partial charge in [0.15, 0.2) is 5.82 Å². The first kappa shape index (κ1) is 12.9. The third-order valence-electron chi connectivity index (χ3n) is 4.55. The molecule has 1 aromatic rings. The van der Waals surface area contributed by atoms with E-state index in [9.17, 15) is 5.11 Å². The number of hydrogen-bond donors (Lipinski definition) is 1. The molecule has 1 aliphatic heterocycles. The molecule has 4 heteroatoms. The highest BCUT2D eigenvalue weighted by Crippen LogP contribution is 2.33. The minimum Gasteiger partial charge on any atom is -0.396 e. The van der Waals surface area contributed by atoms with Gasteiger partial charge in [0.25, 0.3) is 0 Å². The second-order valence-corrected chi connectivity index (χ2v) is 5.93. The second-order valence-electron chi connectivity index (χ2n) is 5.93. The van der Waals surface area contributed by atoms with Crippen LogP contribution < -0.4 is 4.90 Å². The Morgan fingerprint density at radius 1 is 1.11 bits per heavy atom. The fourth-order valence-electron chi connectivity index (χ4n) is 3.37. The van der Waals surface area contributed by atoms with Crippen LogP contribution in [0.1, 0.15) is 50.1 Å². The maximum Gasteiger partial charge on any atom is 0.151 e. The number of piperidine rings is 1. The molecule has 19 heavy (non-hydrogen) atoms. The quantitative estimate of drug-likeness (QED) is 0.907. The molecule has 4 nitrogen and oxygen atoms in total. The standard InChI is InChI=1S/C15H23N3O/c19-11-12-4-3-9-18(10-12)15-8-7-14(16-17-15)13-5-1-2-6-13/h7-8,12-13,19H,1-6,9-11H2. The van der Waals surface area contributed by atoms with Crippen LogP contribution in [-0.2, 0) is 0 Å². The molecule has 1 aliphatic carbocycles. The SMILES string of the molecule is OCC1CCCN(c2ccc(C3CCCC3)nn2)C1. The first-order valence-electron chi connectivity index (χ1n) is 7.56. The summed E-state index contributed by atoms with van der Waals surface area (Å²) < 4.78 is 0. The van der Waals surface area contributed by atoms with Crippen LogP contribution in [0.4, 0.5) is 5.82 Å². The smallest absolute Gasteiger partial charge is 0.151 e. The molecule has 3 rings (SSSR count). The van der Waals surface area contributed by atoms with Gasteiger partial charge in [-0.1, -0.05) is 12.8 Å². The largest absolute Gasteiger partial charge is 0.396 e. The summed E-state index contributed by atoms with van der Waals surface area (Å²) in [6.45, 7) is 2.23. The average molecular weight is 261 g/mol. The van der Waals surface area contributed by atoms with Gasteiger partial charge in [0.2, 0.25) is 0 Å². The molecule has 1 saturated carbocycles. The van der Waals surface area contributed by atoms with Crippen molar-refractivity contribution in [2.24, 2.45) is 5.92 Å². The van der Waals surface area contributed by atoms with Crippen LogP contribution in [0.5, 0.6) is 0 Å². The van der Waals surface area contributed by atoms with Gasteiger partial charge in [0.05, 0.1) is 5.69 Å². The summed E-state index contributed by atoms with van der Waals surface area (Å²) in [6, 6.07) is 4.27. The molecule has 0 radical (unpaired) electrons. The lowest BCUT2D eigenvalue weighted by Gasteiger charge is -2.32. The van der Waals surface area contributed by atoms with Crippen molar-refractivity contribution in [1.82, 2.24) is 10.2 Å². The molecular weight excluding hydrogens is 238 g/mol. The monoisotopic (exact) mass is 261 g/mol. The number of nitrogens with zero attached hydrogens (tertiary/aromatic N) is 3. The molecule has 2 fully saturated rings. The summed E-state index contributed by atoms with van der Waals surface area (Å²) in [4.78, 5) is 2.26. The third kappa shape index (κ3) is 2.89. The summed E-state index contributed by atoms with van der Waals surface area (Å²) in [6.07, 6.45) is 7.46. The van der Waals surface area contributed by atoms with E-state index in [4.69, 9.17) is 0 Å². The Balaban J connectivity index is 1.67. The predicted octanol–water partition coefficient (Wildman–Crippen LogP) is 2.34. The van der Waals surface area contributed by atoms with E-state index in [-0.39, 0.29) is 6.61 Å². The van der Waals surface area contributed by atoms with Crippen molar-refractivity contribution >= 4 is 5.82 Å². The molecule has 1 atom stereocenters. The fraction of sp³-hybridized carbons (Fsp3) is 0.733. The molecule has 0 spiro atoms. The summed E-state index contributed by atoms with van der Waals surface area (Å²) >= 11 is 0. The van der Waals surface area contributed by atoms with Crippen molar-refractivity contribution < 1.29 is 5.11 Å². The Morgan fingerprint density at radius 2 is 1.95 bits per heavy atom. The third-order valence-corrected chi connectivity index (χ3v) is 4.55. The first-order valence-corrected chi connectivity index (χ1v) is 7.56. The van der Waals surface area contributed by atoms with Gasteiger partial charge in [-0.3, -0.25) is 0 Å². The van der Waals surface area contributed by atoms with Crippen LogP contribution in [-0.4, -0.2) is 35.0 Å². The Morgan fingerprint density at radius 3 is 2.63 bits per heavy atom. The van der Waals surface area contributed by atoms with Crippen LogP contribution in [0.25, 0.3) is 0 Å². The van der Waals surface area contributed by atoms with Gasteiger partial charge < -0.3 is 10.0 Å². The highest BCUT2D eigenvalue weighted by Gasteiger charge is 2.22. The molecule has 1 aromatic heterocycles. The van der Waals surface area contributed by atoms with Gasteiger partial charge in [0, 0.05) is 25.6 Å². The van der Waals surface area contributed by atoms with E-state index in [0.717, 1.165) is 37.4 Å². The van der Waals surface area contributed by atoms with E-state index in [2.05, 4.69) is 27.2 Å². The van der Waals surface area contributed by atoms with Gasteiger partial charge in [-0.2, -0.15) is 5.10 Å². The van der Waals surface area contributed by atoms with Crippen molar-refractivity contribution in [2.75, 3.05) is 24.6 Å². The molecule has 2 aliphatic rings. The van der Waals surface area contributed by atoms with Crippen molar-refractivity contribution in [3.05, 3.63) is 17.8 Å². The van der Waals surface area contributed by atoms with E-state index >= 15 is 0 Å². The zero-order chi connectivity index (χ0) is 13.1. The first-order chi connectivity index (χ1) is 9.36. The Labute approximate surface area is 114 Å². The van der Waals surface area contributed by atoms with Crippen molar-refractivity contribution in [1.29, 1.82) is 0 Å². The zero-order valence-electron chi connectivity index (χ0n) is 11.5. The van der Waals surface area contributed by atoms with Crippen LogP contribution >= 0.6 is 0 Å². The average Bonchev–Trinajstić information content (AvgIpc) is 3.02. The van der Waals surface area contributed by atoms with Crippen molar-refractivity contribution in [3.8, 4) is 0 Å². The molecule has 104 valence electrons. The lowest BCUT2D eigenvalue weighted by molar-refractivity contribution is 0.208. The van der Waals surface area contributed by atoms with E-state index in [0.29, 0.717) is 11.8 Å². The number of aromatic nitrogens is 2. The van der Waals surface area contributed by atoms with E-state index in [1.165, 1.54) is 25.7 Å². The maximum atomic E-state index is 9.28. The summed E-state index contributed by atoms with van der Waals surface area (Å²) in [5, 5.41) is 18.1. The molecule has 0 amide bonds. The number of aliphatic hydroxyl groups excluding tert-OH is 1. The minimum absolute atomic E-state index is 0.282. The fourth-order valence-corrected chi connectivity index (χ4v) is 3.37. The zero-order valence-corrected chi connectivity index (χ0v) is 11.5. The number of anilines is 1. The van der Waals surface area contributed by atoms with E-state index in [1.807, 2.05) is 0 Å². The summed E-state index contributed by atoms with van der Waals surface area (Å²) in [5.74, 6) is 2.00. The van der Waals surface area contributed by atoms with Gasteiger partial charge in [-0.15, -0.1) is 5.10 Å². The molecule has 2 heterocycles. The number of rotatable bonds is 3. The molecule has 0 aromatic carbocycles. The topological polar surface area (TPSA) is 49.2 Å². The Bertz CT molecular complexity index is 400. The molecular formula is C15H23N3O. The van der Waals surface area contributed by atoms with E-state index in [1.54, 1.807) is 0 Å². The van der Waals surface area contributed by atoms with Crippen molar-refractivity contribution in [3.63, 3.8) is 0 Å². The normalized spacial score (nSPS) is 24.9. The van der Waals surface area contributed by atoms with Gasteiger partial charge >= 0.3 is 0 Å². The van der Waals surface area contributed by atoms with Gasteiger partial charge in [0.1, 0.15) is 0 Å². The van der Waals surface area contributed by atoms with Gasteiger partial charge in [-0.05, 0) is 43.7 Å². The molecule has 0 bridgehead atoms. The second kappa shape index (κ2) is 5.87. The van der Waals surface area contributed by atoms with Crippen LogP contribution in [0.2, 0.25) is 0 Å². The molecule has 1 saturated heterocycles. The van der Waals surface area contributed by atoms with Crippen LogP contribution in [0.3, 0.4) is 0 Å². The van der Waals surface area contributed by atoms with Crippen LogP contribution in [0, 0.1) is 5.92 Å². The van der Waals surface area contributed by atoms with Crippen LogP contribution in [0.15, 0.2) is 12.1 Å². The predicted molar refractivity (Wildman–Crippen MR) is 75.3 cm³/mol. The lowest BCUT2D eigenvalue weighted by atomic mass is 9.99. The molecule has 1 unspecified atom stereocenters. The highest BCUT2D eigenvalue weighted by atomic mass is 16.3. The Hall–Kier alpha value is -1.16. The van der Waals surface area contributed by atoms with E-state index < -0.39 is 0 Å². The van der Waals surface area contributed by atoms with Crippen molar-refractivity contribution in [2.45, 2.75) is 44.4 Å².